The molecule has 0 saturated carbocycles. The zero-order chi connectivity index (χ0) is 23.8. The molecule has 0 spiro atoms. The first-order valence-corrected chi connectivity index (χ1v) is 10.6. The molecule has 0 bridgehead atoms. The largest absolute Gasteiger partial charge is 0.457 e. The SMILES string of the molecule is O=C(CN1C(=O)S/C(=C/c2ccc(-c3ccccc3C(F)(F)F)o2)C1=O)c1ccc(Cl)cc1. The number of benzene rings is 2. The standard InChI is InChI=1S/C23H13ClF3NO4S/c24-14-7-5-13(6-8-14)18(29)12-28-21(30)20(33-22(28)31)11-15-9-10-19(32-15)16-3-1-2-4-17(16)23(25,26)27/h1-11H,12H2/b20-11+. The van der Waals surface area contributed by atoms with Gasteiger partial charge in [-0.15, -0.1) is 0 Å². The van der Waals surface area contributed by atoms with Crippen molar-refractivity contribution in [1.82, 2.24) is 4.90 Å². The number of thioether (sulfide) groups is 1. The normalized spacial score (nSPS) is 15.5. The van der Waals surface area contributed by atoms with Crippen molar-refractivity contribution >= 4 is 46.4 Å². The Kier molecular flexibility index (Phi) is 6.18. The maximum Gasteiger partial charge on any atom is 0.417 e. The lowest BCUT2D eigenvalue weighted by Crippen LogP contribution is -2.33. The van der Waals surface area contributed by atoms with E-state index in [-0.39, 0.29) is 22.0 Å². The summed E-state index contributed by atoms with van der Waals surface area (Å²) in [5, 5.41) is -0.195. The van der Waals surface area contributed by atoms with E-state index < -0.39 is 35.2 Å². The molecular weight excluding hydrogens is 479 g/mol. The fourth-order valence-electron chi connectivity index (χ4n) is 3.16. The number of alkyl halides is 3. The van der Waals surface area contributed by atoms with Crippen LogP contribution in [-0.4, -0.2) is 28.4 Å². The highest BCUT2D eigenvalue weighted by molar-refractivity contribution is 8.18. The van der Waals surface area contributed by atoms with Crippen molar-refractivity contribution in [3.8, 4) is 11.3 Å². The third kappa shape index (κ3) is 4.89. The Balaban J connectivity index is 1.54. The maximum atomic E-state index is 13.3. The molecule has 0 atom stereocenters. The van der Waals surface area contributed by atoms with Gasteiger partial charge < -0.3 is 4.42 Å². The van der Waals surface area contributed by atoms with Crippen LogP contribution >= 0.6 is 23.4 Å². The molecule has 1 aliphatic rings. The summed E-state index contributed by atoms with van der Waals surface area (Å²) < 4.78 is 45.3. The molecule has 33 heavy (non-hydrogen) atoms. The van der Waals surface area contributed by atoms with E-state index in [1.54, 1.807) is 0 Å². The molecule has 0 N–H and O–H groups in total. The summed E-state index contributed by atoms with van der Waals surface area (Å²) in [6.07, 6.45) is -3.31. The fourth-order valence-corrected chi connectivity index (χ4v) is 4.10. The van der Waals surface area contributed by atoms with Crippen LogP contribution in [0.5, 0.6) is 0 Å². The quantitative estimate of drug-likeness (QED) is 0.299. The Morgan fingerprint density at radius 1 is 1.03 bits per heavy atom. The molecule has 10 heteroatoms. The van der Waals surface area contributed by atoms with Gasteiger partial charge in [-0.1, -0.05) is 29.8 Å². The first-order chi connectivity index (χ1) is 15.6. The molecule has 2 amide bonds. The number of carbonyl (C=O) groups is 3. The highest BCUT2D eigenvalue weighted by atomic mass is 35.5. The van der Waals surface area contributed by atoms with Crippen LogP contribution in [-0.2, 0) is 11.0 Å². The van der Waals surface area contributed by atoms with Gasteiger partial charge in [0.1, 0.15) is 11.5 Å². The first-order valence-electron chi connectivity index (χ1n) is 9.44. The van der Waals surface area contributed by atoms with Crippen LogP contribution in [0.4, 0.5) is 18.0 Å². The van der Waals surface area contributed by atoms with Crippen molar-refractivity contribution in [2.75, 3.05) is 6.54 Å². The molecule has 0 radical (unpaired) electrons. The van der Waals surface area contributed by atoms with Gasteiger partial charge in [-0.05, 0) is 54.2 Å². The Morgan fingerprint density at radius 3 is 2.42 bits per heavy atom. The van der Waals surface area contributed by atoms with E-state index >= 15 is 0 Å². The average Bonchev–Trinajstić information content (AvgIpc) is 3.34. The van der Waals surface area contributed by atoms with Crippen molar-refractivity contribution in [2.45, 2.75) is 6.18 Å². The van der Waals surface area contributed by atoms with Gasteiger partial charge >= 0.3 is 6.18 Å². The highest BCUT2D eigenvalue weighted by Gasteiger charge is 2.37. The molecule has 168 valence electrons. The van der Waals surface area contributed by atoms with Gasteiger partial charge in [0.2, 0.25) is 0 Å². The number of rotatable bonds is 5. The molecule has 1 aromatic heterocycles. The molecule has 1 fully saturated rings. The summed E-state index contributed by atoms with van der Waals surface area (Å²) in [4.78, 5) is 38.2. The molecule has 0 unspecified atom stereocenters. The number of carbonyl (C=O) groups excluding carboxylic acids is 3. The average molecular weight is 492 g/mol. The summed E-state index contributed by atoms with van der Waals surface area (Å²) in [5.41, 5.74) is -0.709. The van der Waals surface area contributed by atoms with Gasteiger partial charge in [-0.3, -0.25) is 19.3 Å². The lowest BCUT2D eigenvalue weighted by Gasteiger charge is -2.11. The van der Waals surface area contributed by atoms with E-state index in [1.807, 2.05) is 0 Å². The van der Waals surface area contributed by atoms with Crippen molar-refractivity contribution < 1.29 is 32.0 Å². The molecular formula is C23H13ClF3NO4S. The molecule has 0 aliphatic carbocycles. The van der Waals surface area contributed by atoms with E-state index in [2.05, 4.69) is 0 Å². The van der Waals surface area contributed by atoms with Crippen LogP contribution in [0.2, 0.25) is 5.02 Å². The van der Waals surface area contributed by atoms with Gasteiger partial charge in [0, 0.05) is 22.2 Å². The molecule has 4 rings (SSSR count). The lowest BCUT2D eigenvalue weighted by molar-refractivity contribution is -0.137. The van der Waals surface area contributed by atoms with Crippen LogP contribution in [0.1, 0.15) is 21.7 Å². The van der Waals surface area contributed by atoms with Crippen LogP contribution in [0, 0.1) is 0 Å². The van der Waals surface area contributed by atoms with Crippen LogP contribution in [0.3, 0.4) is 0 Å². The molecule has 2 heterocycles. The number of halogens is 4. The molecule has 2 aromatic carbocycles. The van der Waals surface area contributed by atoms with Gasteiger partial charge in [0.05, 0.1) is 17.0 Å². The Hall–Kier alpha value is -3.30. The van der Waals surface area contributed by atoms with Gasteiger partial charge in [0.15, 0.2) is 5.78 Å². The maximum absolute atomic E-state index is 13.3. The number of ketones is 1. The summed E-state index contributed by atoms with van der Waals surface area (Å²) in [5.74, 6) is -1.08. The summed E-state index contributed by atoms with van der Waals surface area (Å²) in [7, 11) is 0. The number of imide groups is 1. The highest BCUT2D eigenvalue weighted by Crippen LogP contribution is 2.38. The Morgan fingerprint density at radius 2 is 1.73 bits per heavy atom. The first kappa shape index (κ1) is 22.9. The van der Waals surface area contributed by atoms with E-state index in [0.717, 1.165) is 11.0 Å². The van der Waals surface area contributed by atoms with Gasteiger partial charge in [-0.25, -0.2) is 0 Å². The predicted molar refractivity (Wildman–Crippen MR) is 118 cm³/mol. The molecule has 5 nitrogen and oxygen atoms in total. The Labute approximate surface area is 194 Å². The number of amides is 2. The third-order valence-electron chi connectivity index (χ3n) is 4.74. The number of furan rings is 1. The smallest absolute Gasteiger partial charge is 0.417 e. The summed E-state index contributed by atoms with van der Waals surface area (Å²) in [6, 6.07) is 13.7. The molecule has 1 saturated heterocycles. The minimum absolute atomic E-state index is 0.00564. The number of nitrogens with zero attached hydrogens (tertiary/aromatic N) is 1. The van der Waals surface area contributed by atoms with Crippen LogP contribution in [0.25, 0.3) is 17.4 Å². The van der Waals surface area contributed by atoms with E-state index in [0.29, 0.717) is 22.3 Å². The van der Waals surface area contributed by atoms with Gasteiger partial charge in [-0.2, -0.15) is 13.2 Å². The summed E-state index contributed by atoms with van der Waals surface area (Å²) >= 11 is 6.41. The number of hydrogen-bond donors (Lipinski definition) is 0. The Bertz CT molecular complexity index is 1280. The second-order valence-electron chi connectivity index (χ2n) is 6.94. The summed E-state index contributed by atoms with van der Waals surface area (Å²) in [6.45, 7) is -0.452. The zero-order valence-electron chi connectivity index (χ0n) is 16.6. The number of Topliss-reactive ketones (excluding diaryl/α,β-unsaturated/α-hetero) is 1. The molecule has 1 aliphatic heterocycles. The monoisotopic (exact) mass is 491 g/mol. The topological polar surface area (TPSA) is 67.6 Å². The van der Waals surface area contributed by atoms with Crippen molar-refractivity contribution in [3.63, 3.8) is 0 Å². The van der Waals surface area contributed by atoms with Crippen LogP contribution < -0.4 is 0 Å². The predicted octanol–water partition coefficient (Wildman–Crippen LogP) is 6.54. The van der Waals surface area contributed by atoms with E-state index in [4.69, 9.17) is 16.0 Å². The number of hydrogen-bond acceptors (Lipinski definition) is 5. The second kappa shape index (κ2) is 8.92. The molecule has 3 aromatic rings. The van der Waals surface area contributed by atoms with Crippen molar-refractivity contribution in [3.05, 3.63) is 87.5 Å². The fraction of sp³-hybridized carbons (Fsp3) is 0.0870. The minimum atomic E-state index is -4.57. The lowest BCUT2D eigenvalue weighted by atomic mass is 10.1. The van der Waals surface area contributed by atoms with Crippen molar-refractivity contribution in [2.24, 2.45) is 0 Å². The second-order valence-corrected chi connectivity index (χ2v) is 8.37. The van der Waals surface area contributed by atoms with Gasteiger partial charge in [0.25, 0.3) is 11.1 Å². The van der Waals surface area contributed by atoms with E-state index in [1.165, 1.54) is 60.7 Å². The van der Waals surface area contributed by atoms with Crippen LogP contribution in [0.15, 0.2) is 70.0 Å². The third-order valence-corrected chi connectivity index (χ3v) is 5.90. The van der Waals surface area contributed by atoms with E-state index in [9.17, 15) is 27.6 Å². The zero-order valence-corrected chi connectivity index (χ0v) is 18.1. The minimum Gasteiger partial charge on any atom is -0.457 e. The van der Waals surface area contributed by atoms with Crippen molar-refractivity contribution in [1.29, 1.82) is 0 Å².